The highest BCUT2D eigenvalue weighted by atomic mass is 16.5. The first-order valence-electron chi connectivity index (χ1n) is 7.10. The molecule has 1 unspecified atom stereocenters. The summed E-state index contributed by atoms with van der Waals surface area (Å²) < 4.78 is 11.3. The van der Waals surface area contributed by atoms with Crippen LogP contribution in [0.1, 0.15) is 23.1 Å². The molecule has 2 N–H and O–H groups in total. The molecule has 3 rings (SSSR count). The maximum absolute atomic E-state index is 6.22. The average Bonchev–Trinajstić information content (AvgIpc) is 3.04. The summed E-state index contributed by atoms with van der Waals surface area (Å²) in [6, 6.07) is 15.3. The Labute approximate surface area is 129 Å². The van der Waals surface area contributed by atoms with E-state index in [1.165, 1.54) is 0 Å². The number of aryl methyl sites for hydroxylation is 1. The Kier molecular flexibility index (Phi) is 3.94. The molecule has 0 amide bonds. The van der Waals surface area contributed by atoms with Gasteiger partial charge in [0.25, 0.3) is 0 Å². The Bertz CT molecular complexity index is 766. The Hall–Kier alpha value is -2.59. The fraction of sp³-hybridized carbons (Fsp3) is 0.167. The zero-order chi connectivity index (χ0) is 15.5. The van der Waals surface area contributed by atoms with E-state index >= 15 is 0 Å². The van der Waals surface area contributed by atoms with Crippen molar-refractivity contribution in [3.63, 3.8) is 0 Å². The van der Waals surface area contributed by atoms with Crippen LogP contribution in [-0.2, 0) is 0 Å². The van der Waals surface area contributed by atoms with Gasteiger partial charge in [0.05, 0.1) is 18.9 Å². The van der Waals surface area contributed by atoms with Crippen LogP contribution in [-0.4, -0.2) is 12.1 Å². The van der Waals surface area contributed by atoms with Gasteiger partial charge < -0.3 is 14.9 Å². The van der Waals surface area contributed by atoms with Crippen LogP contribution in [0.15, 0.2) is 59.1 Å². The van der Waals surface area contributed by atoms with E-state index < -0.39 is 0 Å². The number of aromatic nitrogens is 1. The minimum Gasteiger partial charge on any atom is -0.496 e. The van der Waals surface area contributed by atoms with Gasteiger partial charge in [0, 0.05) is 0 Å². The highest BCUT2D eigenvalue weighted by Gasteiger charge is 2.17. The lowest BCUT2D eigenvalue weighted by Crippen LogP contribution is -2.11. The molecule has 0 saturated heterocycles. The van der Waals surface area contributed by atoms with Gasteiger partial charge in [0.2, 0.25) is 5.89 Å². The van der Waals surface area contributed by atoms with E-state index in [2.05, 4.69) is 4.98 Å². The lowest BCUT2D eigenvalue weighted by Gasteiger charge is -2.08. The maximum Gasteiger partial charge on any atom is 0.216 e. The quantitative estimate of drug-likeness (QED) is 0.797. The van der Waals surface area contributed by atoms with Crippen LogP contribution < -0.4 is 10.5 Å². The molecular formula is C18H18N2O2. The van der Waals surface area contributed by atoms with Gasteiger partial charge in [-0.3, -0.25) is 0 Å². The van der Waals surface area contributed by atoms with Gasteiger partial charge in [-0.25, -0.2) is 4.98 Å². The van der Waals surface area contributed by atoms with Crippen LogP contribution in [0, 0.1) is 6.92 Å². The number of benzene rings is 2. The molecule has 2 aromatic carbocycles. The summed E-state index contributed by atoms with van der Waals surface area (Å²) in [7, 11) is 1.64. The van der Waals surface area contributed by atoms with Gasteiger partial charge >= 0.3 is 0 Å². The summed E-state index contributed by atoms with van der Waals surface area (Å²) in [5.41, 5.74) is 9.19. The third-order valence-corrected chi connectivity index (χ3v) is 3.57. The Morgan fingerprint density at radius 1 is 1.14 bits per heavy atom. The molecule has 1 heterocycles. The molecule has 3 aromatic rings. The van der Waals surface area contributed by atoms with Gasteiger partial charge in [-0.1, -0.05) is 42.0 Å². The largest absolute Gasteiger partial charge is 0.496 e. The number of oxazole rings is 1. The normalized spacial score (nSPS) is 12.1. The minimum atomic E-state index is -0.384. The van der Waals surface area contributed by atoms with E-state index in [4.69, 9.17) is 14.9 Å². The van der Waals surface area contributed by atoms with E-state index in [1.54, 1.807) is 13.3 Å². The fourth-order valence-electron chi connectivity index (χ4n) is 2.37. The summed E-state index contributed by atoms with van der Waals surface area (Å²) in [6.07, 6.45) is 1.69. The maximum atomic E-state index is 6.22. The summed E-state index contributed by atoms with van der Waals surface area (Å²) in [6.45, 7) is 2.02. The zero-order valence-electron chi connectivity index (χ0n) is 12.6. The van der Waals surface area contributed by atoms with Crippen molar-refractivity contribution in [2.24, 2.45) is 5.73 Å². The van der Waals surface area contributed by atoms with Crippen molar-refractivity contribution in [3.05, 3.63) is 71.7 Å². The molecule has 0 bridgehead atoms. The molecule has 22 heavy (non-hydrogen) atoms. The molecule has 4 nitrogen and oxygen atoms in total. The predicted octanol–water partition coefficient (Wildman–Crippen LogP) is 3.71. The second-order valence-electron chi connectivity index (χ2n) is 5.15. The molecule has 0 spiro atoms. The molecule has 0 saturated carbocycles. The first kappa shape index (κ1) is 14.4. The third-order valence-electron chi connectivity index (χ3n) is 3.57. The van der Waals surface area contributed by atoms with Crippen LogP contribution in [0.2, 0.25) is 0 Å². The molecule has 0 radical (unpaired) electrons. The van der Waals surface area contributed by atoms with E-state index in [0.29, 0.717) is 11.7 Å². The number of hydrogen-bond acceptors (Lipinski definition) is 4. The van der Waals surface area contributed by atoms with Gasteiger partial charge in [-0.2, -0.15) is 0 Å². The van der Waals surface area contributed by atoms with E-state index in [-0.39, 0.29) is 6.04 Å². The van der Waals surface area contributed by atoms with Crippen molar-refractivity contribution in [1.82, 2.24) is 4.98 Å². The van der Waals surface area contributed by atoms with Crippen LogP contribution in [0.4, 0.5) is 0 Å². The third kappa shape index (κ3) is 2.73. The molecule has 0 aliphatic rings. The lowest BCUT2D eigenvalue weighted by molar-refractivity contribution is 0.413. The van der Waals surface area contributed by atoms with Crippen LogP contribution in [0.25, 0.3) is 11.3 Å². The van der Waals surface area contributed by atoms with Crippen molar-refractivity contribution in [3.8, 4) is 17.1 Å². The van der Waals surface area contributed by atoms with Crippen molar-refractivity contribution < 1.29 is 9.15 Å². The molecule has 4 heteroatoms. The van der Waals surface area contributed by atoms with Gasteiger partial charge in [-0.05, 0) is 24.6 Å². The summed E-state index contributed by atoms with van der Waals surface area (Å²) in [5, 5.41) is 0. The molecule has 1 atom stereocenters. The number of rotatable bonds is 4. The topological polar surface area (TPSA) is 61.3 Å². The van der Waals surface area contributed by atoms with Gasteiger partial charge in [0.15, 0.2) is 5.76 Å². The Morgan fingerprint density at radius 3 is 2.64 bits per heavy atom. The van der Waals surface area contributed by atoms with Gasteiger partial charge in [0.1, 0.15) is 11.8 Å². The predicted molar refractivity (Wildman–Crippen MR) is 85.7 cm³/mol. The number of hydrogen-bond donors (Lipinski definition) is 1. The lowest BCUT2D eigenvalue weighted by atomic mass is 10.1. The van der Waals surface area contributed by atoms with Crippen LogP contribution in [0.5, 0.6) is 5.75 Å². The van der Waals surface area contributed by atoms with Crippen molar-refractivity contribution >= 4 is 0 Å². The second kappa shape index (κ2) is 6.03. The number of nitrogens with two attached hydrogens (primary N) is 1. The minimum absolute atomic E-state index is 0.384. The highest BCUT2D eigenvalue weighted by molar-refractivity contribution is 5.66. The molecule has 1 aromatic heterocycles. The second-order valence-corrected chi connectivity index (χ2v) is 5.15. The van der Waals surface area contributed by atoms with Crippen molar-refractivity contribution in [2.45, 2.75) is 13.0 Å². The number of nitrogens with zero attached hydrogens (tertiary/aromatic N) is 1. The standard InChI is InChI=1S/C18H18N2O2/c1-12-8-9-15(21-2)14(10-12)16-11-20-18(22-16)17(19)13-6-4-3-5-7-13/h3-11,17H,19H2,1-2H3. The zero-order valence-corrected chi connectivity index (χ0v) is 12.6. The number of methoxy groups -OCH3 is 1. The first-order chi connectivity index (χ1) is 10.7. The van der Waals surface area contributed by atoms with Crippen LogP contribution >= 0.6 is 0 Å². The number of ether oxygens (including phenoxy) is 1. The van der Waals surface area contributed by atoms with E-state index in [9.17, 15) is 0 Å². The molecule has 0 aliphatic heterocycles. The first-order valence-corrected chi connectivity index (χ1v) is 7.10. The smallest absolute Gasteiger partial charge is 0.216 e. The Morgan fingerprint density at radius 2 is 1.91 bits per heavy atom. The summed E-state index contributed by atoms with van der Waals surface area (Å²) in [5.74, 6) is 1.90. The van der Waals surface area contributed by atoms with E-state index in [0.717, 1.165) is 22.4 Å². The molecule has 0 fully saturated rings. The van der Waals surface area contributed by atoms with Crippen molar-refractivity contribution in [2.75, 3.05) is 7.11 Å². The van der Waals surface area contributed by atoms with E-state index in [1.807, 2.05) is 55.5 Å². The van der Waals surface area contributed by atoms with Gasteiger partial charge in [-0.15, -0.1) is 0 Å². The monoisotopic (exact) mass is 294 g/mol. The highest BCUT2D eigenvalue weighted by Crippen LogP contribution is 2.32. The Balaban J connectivity index is 1.96. The fourth-order valence-corrected chi connectivity index (χ4v) is 2.37. The average molecular weight is 294 g/mol. The molecule has 0 aliphatic carbocycles. The SMILES string of the molecule is COc1ccc(C)cc1-c1cnc(C(N)c2ccccc2)o1. The molecular weight excluding hydrogens is 276 g/mol. The van der Waals surface area contributed by atoms with Crippen LogP contribution in [0.3, 0.4) is 0 Å². The molecule has 112 valence electrons. The summed E-state index contributed by atoms with van der Waals surface area (Å²) >= 11 is 0. The summed E-state index contributed by atoms with van der Waals surface area (Å²) in [4.78, 5) is 4.33. The van der Waals surface area contributed by atoms with Crippen molar-refractivity contribution in [1.29, 1.82) is 0 Å².